The molecule has 1 unspecified atom stereocenters. The molecule has 0 spiro atoms. The van der Waals surface area contributed by atoms with Crippen molar-refractivity contribution in [1.29, 1.82) is 0 Å². The second-order valence-corrected chi connectivity index (χ2v) is 7.60. The van der Waals surface area contributed by atoms with Crippen molar-refractivity contribution >= 4 is 16.7 Å². The third-order valence-corrected chi connectivity index (χ3v) is 5.54. The van der Waals surface area contributed by atoms with E-state index in [9.17, 15) is 0 Å². The molecule has 2 nitrogen and oxygen atoms in total. The molecule has 150 valence electrons. The van der Waals surface area contributed by atoms with E-state index in [0.29, 0.717) is 0 Å². The van der Waals surface area contributed by atoms with Crippen LogP contribution in [-0.4, -0.2) is 5.71 Å². The average molecular weight is 402 g/mol. The van der Waals surface area contributed by atoms with Crippen LogP contribution in [0.15, 0.2) is 131 Å². The van der Waals surface area contributed by atoms with E-state index in [1.54, 1.807) is 0 Å². The number of para-hydroxylation sites is 1. The summed E-state index contributed by atoms with van der Waals surface area (Å²) in [7, 11) is 0. The van der Waals surface area contributed by atoms with E-state index in [4.69, 9.17) is 9.41 Å². The molecule has 0 aliphatic rings. The molecule has 1 heterocycles. The van der Waals surface area contributed by atoms with Crippen molar-refractivity contribution in [2.75, 3.05) is 0 Å². The average Bonchev–Trinajstić information content (AvgIpc) is 3.26. The first-order chi connectivity index (χ1) is 15.4. The van der Waals surface area contributed by atoms with E-state index < -0.39 is 0 Å². The molecule has 0 fully saturated rings. The maximum atomic E-state index is 5.81. The fraction of sp³-hybridized carbons (Fsp3) is 0.0690. The molecule has 0 saturated carbocycles. The van der Waals surface area contributed by atoms with E-state index in [1.807, 2.05) is 36.6 Å². The molecule has 5 aromatic rings. The Morgan fingerprint density at radius 3 is 1.84 bits per heavy atom. The Labute approximate surface area is 182 Å². The summed E-state index contributed by atoms with van der Waals surface area (Å²) in [5, 5.41) is 1.15. The van der Waals surface area contributed by atoms with Gasteiger partial charge in [-0.05, 0) is 11.6 Å². The lowest BCUT2D eigenvalue weighted by molar-refractivity contribution is 0.604. The highest BCUT2D eigenvalue weighted by atomic mass is 16.3. The van der Waals surface area contributed by atoms with Gasteiger partial charge in [-0.1, -0.05) is 109 Å². The lowest BCUT2D eigenvalue weighted by Crippen LogP contribution is -2.09. The van der Waals surface area contributed by atoms with Crippen LogP contribution in [0, 0.1) is 0 Å². The van der Waals surface area contributed by atoms with Crippen LogP contribution in [0.4, 0.5) is 0 Å². The van der Waals surface area contributed by atoms with Gasteiger partial charge in [0.05, 0.1) is 18.0 Å². The standard InChI is InChI=1S/C29H23NO/c1-4-12-22(13-5-1)27(20-25-21-31-28-19-11-10-18-26(25)28)30-29(23-14-6-2-7-15-23)24-16-8-3-9-17-24/h1-19,21,27H,20H2. The molecule has 0 aliphatic heterocycles. The van der Waals surface area contributed by atoms with Gasteiger partial charge in [-0.15, -0.1) is 0 Å². The molecule has 1 atom stereocenters. The minimum atomic E-state index is -0.0300. The molecule has 0 saturated heterocycles. The molecule has 5 rings (SSSR count). The van der Waals surface area contributed by atoms with Crippen LogP contribution in [0.5, 0.6) is 0 Å². The Hall–Kier alpha value is -3.91. The minimum Gasteiger partial charge on any atom is -0.464 e. The Bertz CT molecular complexity index is 1250. The number of nitrogens with zero attached hydrogens (tertiary/aromatic N) is 1. The normalized spacial score (nSPS) is 11.9. The molecule has 0 amide bonds. The first-order valence-electron chi connectivity index (χ1n) is 10.6. The van der Waals surface area contributed by atoms with Gasteiger partial charge in [0, 0.05) is 28.5 Å². The number of hydrogen-bond acceptors (Lipinski definition) is 2. The quantitative estimate of drug-likeness (QED) is 0.275. The SMILES string of the molecule is c1ccc(C(=NC(Cc2coc3ccccc23)c2ccccc2)c2ccccc2)cc1. The zero-order valence-corrected chi connectivity index (χ0v) is 17.2. The zero-order chi connectivity index (χ0) is 20.9. The molecular formula is C29H23NO. The second kappa shape index (κ2) is 8.85. The van der Waals surface area contributed by atoms with Crippen LogP contribution >= 0.6 is 0 Å². The van der Waals surface area contributed by atoms with Gasteiger partial charge in [-0.3, -0.25) is 4.99 Å². The third kappa shape index (κ3) is 4.19. The van der Waals surface area contributed by atoms with Gasteiger partial charge in [0.2, 0.25) is 0 Å². The lowest BCUT2D eigenvalue weighted by atomic mass is 9.97. The number of hydrogen-bond donors (Lipinski definition) is 0. The maximum absolute atomic E-state index is 5.81. The summed E-state index contributed by atoms with van der Waals surface area (Å²) in [5.41, 5.74) is 6.52. The molecule has 31 heavy (non-hydrogen) atoms. The minimum absolute atomic E-state index is 0.0300. The predicted molar refractivity (Wildman–Crippen MR) is 128 cm³/mol. The van der Waals surface area contributed by atoms with E-state index in [-0.39, 0.29) is 6.04 Å². The fourth-order valence-corrected chi connectivity index (χ4v) is 3.98. The maximum Gasteiger partial charge on any atom is 0.134 e. The summed E-state index contributed by atoms with van der Waals surface area (Å²) in [6.07, 6.45) is 2.64. The van der Waals surface area contributed by atoms with Gasteiger partial charge >= 0.3 is 0 Å². The van der Waals surface area contributed by atoms with Crippen molar-refractivity contribution in [3.8, 4) is 0 Å². The van der Waals surface area contributed by atoms with Crippen molar-refractivity contribution in [1.82, 2.24) is 0 Å². The summed E-state index contributed by atoms with van der Waals surface area (Å²) in [4.78, 5) is 5.34. The molecular weight excluding hydrogens is 378 g/mol. The highest BCUT2D eigenvalue weighted by Crippen LogP contribution is 2.29. The van der Waals surface area contributed by atoms with E-state index in [0.717, 1.165) is 34.2 Å². The number of furan rings is 1. The Morgan fingerprint density at radius 1 is 0.645 bits per heavy atom. The van der Waals surface area contributed by atoms with Crippen molar-refractivity contribution in [2.24, 2.45) is 4.99 Å². The number of fused-ring (bicyclic) bond motifs is 1. The molecule has 1 aromatic heterocycles. The number of aliphatic imine (C=N–C) groups is 1. The van der Waals surface area contributed by atoms with Gasteiger partial charge in [0.25, 0.3) is 0 Å². The zero-order valence-electron chi connectivity index (χ0n) is 17.2. The van der Waals surface area contributed by atoms with E-state index in [1.165, 1.54) is 11.1 Å². The highest BCUT2D eigenvalue weighted by molar-refractivity contribution is 6.13. The predicted octanol–water partition coefficient (Wildman–Crippen LogP) is 7.25. The lowest BCUT2D eigenvalue weighted by Gasteiger charge is -2.16. The monoisotopic (exact) mass is 401 g/mol. The Kier molecular flexibility index (Phi) is 5.44. The highest BCUT2D eigenvalue weighted by Gasteiger charge is 2.17. The number of rotatable bonds is 6. The van der Waals surface area contributed by atoms with Gasteiger partial charge in [0.1, 0.15) is 5.58 Å². The van der Waals surface area contributed by atoms with Gasteiger partial charge < -0.3 is 4.42 Å². The van der Waals surface area contributed by atoms with Crippen LogP contribution in [0.1, 0.15) is 28.3 Å². The summed E-state index contributed by atoms with van der Waals surface area (Å²) < 4.78 is 5.81. The van der Waals surface area contributed by atoms with Crippen LogP contribution in [-0.2, 0) is 6.42 Å². The molecule has 0 radical (unpaired) electrons. The fourth-order valence-electron chi connectivity index (χ4n) is 3.98. The summed E-state index contributed by atoms with van der Waals surface area (Å²) in [6.45, 7) is 0. The van der Waals surface area contributed by atoms with Gasteiger partial charge in [0.15, 0.2) is 0 Å². The Morgan fingerprint density at radius 2 is 1.19 bits per heavy atom. The second-order valence-electron chi connectivity index (χ2n) is 7.60. The molecule has 2 heteroatoms. The number of benzene rings is 4. The third-order valence-electron chi connectivity index (χ3n) is 5.54. The first-order valence-corrected chi connectivity index (χ1v) is 10.6. The topological polar surface area (TPSA) is 25.5 Å². The smallest absolute Gasteiger partial charge is 0.134 e. The van der Waals surface area contributed by atoms with Crippen LogP contribution < -0.4 is 0 Å². The van der Waals surface area contributed by atoms with E-state index in [2.05, 4.69) is 84.9 Å². The molecule has 0 N–H and O–H groups in total. The van der Waals surface area contributed by atoms with Crippen LogP contribution in [0.3, 0.4) is 0 Å². The molecule has 0 aliphatic carbocycles. The van der Waals surface area contributed by atoms with Gasteiger partial charge in [-0.25, -0.2) is 0 Å². The largest absolute Gasteiger partial charge is 0.464 e. The van der Waals surface area contributed by atoms with E-state index >= 15 is 0 Å². The summed E-state index contributed by atoms with van der Waals surface area (Å²) in [6, 6.07) is 39.5. The van der Waals surface area contributed by atoms with Gasteiger partial charge in [-0.2, -0.15) is 0 Å². The summed E-state index contributed by atoms with van der Waals surface area (Å²) >= 11 is 0. The van der Waals surface area contributed by atoms with Crippen molar-refractivity contribution in [2.45, 2.75) is 12.5 Å². The van der Waals surface area contributed by atoms with Crippen molar-refractivity contribution in [3.63, 3.8) is 0 Å². The van der Waals surface area contributed by atoms with Crippen LogP contribution in [0.2, 0.25) is 0 Å². The molecule has 0 bridgehead atoms. The van der Waals surface area contributed by atoms with Crippen LogP contribution in [0.25, 0.3) is 11.0 Å². The van der Waals surface area contributed by atoms with Crippen molar-refractivity contribution in [3.05, 3.63) is 144 Å². The summed E-state index contributed by atoms with van der Waals surface area (Å²) in [5.74, 6) is 0. The molecule has 4 aromatic carbocycles. The first kappa shape index (κ1) is 19.1. The Balaban J connectivity index is 1.63. The van der Waals surface area contributed by atoms with Crippen molar-refractivity contribution < 1.29 is 4.42 Å².